The molecule has 6 unspecified atom stereocenters. The number of ether oxygens (including phenoxy) is 2. The molecule has 6 atom stereocenters. The number of aliphatic hydroxyl groups is 1. The summed E-state index contributed by atoms with van der Waals surface area (Å²) in [5.41, 5.74) is 0.126. The highest BCUT2D eigenvalue weighted by atomic mass is 16.5. The molecule has 0 aromatic heterocycles. The Hall–Kier alpha value is -0.120. The van der Waals surface area contributed by atoms with E-state index in [9.17, 15) is 5.11 Å². The van der Waals surface area contributed by atoms with Crippen molar-refractivity contribution in [3.63, 3.8) is 0 Å². The Morgan fingerprint density at radius 3 is 2.42 bits per heavy atom. The molecule has 3 heteroatoms. The lowest BCUT2D eigenvalue weighted by atomic mass is 9.68. The van der Waals surface area contributed by atoms with Gasteiger partial charge in [-0.2, -0.15) is 0 Å². The molecule has 2 saturated heterocycles. The van der Waals surface area contributed by atoms with Crippen molar-refractivity contribution < 1.29 is 14.6 Å². The zero-order valence-corrected chi connectivity index (χ0v) is 12.5. The zero-order chi connectivity index (χ0) is 13.6. The van der Waals surface area contributed by atoms with Gasteiger partial charge in [0, 0.05) is 12.5 Å². The van der Waals surface area contributed by atoms with Crippen LogP contribution in [0, 0.1) is 17.8 Å². The van der Waals surface area contributed by atoms with Gasteiger partial charge in [-0.25, -0.2) is 0 Å². The van der Waals surface area contributed by atoms with Gasteiger partial charge in [0.1, 0.15) is 0 Å². The fraction of sp³-hybridized carbons (Fsp3) is 1.00. The second-order valence-electron chi connectivity index (χ2n) is 7.11. The van der Waals surface area contributed by atoms with Crippen LogP contribution in [0.5, 0.6) is 0 Å². The van der Waals surface area contributed by atoms with Crippen molar-refractivity contribution in [3.8, 4) is 0 Å². The molecule has 3 fully saturated rings. The standard InChI is InChI=1S/C16H28O3/c1-10-11(2)19-12(3)14(10)15(17)13-5-8-18-16(9-13)6-4-7-16/h10-15,17H,4-9H2,1-3H3. The van der Waals surface area contributed by atoms with Crippen LogP contribution in [0.15, 0.2) is 0 Å². The third-order valence-electron chi connectivity index (χ3n) is 5.99. The molecule has 1 saturated carbocycles. The van der Waals surface area contributed by atoms with E-state index < -0.39 is 0 Å². The highest BCUT2D eigenvalue weighted by Crippen LogP contribution is 2.47. The number of aliphatic hydroxyl groups excluding tert-OH is 1. The maximum absolute atomic E-state index is 10.8. The average molecular weight is 268 g/mol. The predicted octanol–water partition coefficient (Wildman–Crippen LogP) is 2.76. The Morgan fingerprint density at radius 1 is 1.16 bits per heavy atom. The first-order valence-corrected chi connectivity index (χ1v) is 8.00. The summed E-state index contributed by atoms with van der Waals surface area (Å²) in [7, 11) is 0. The van der Waals surface area contributed by atoms with Gasteiger partial charge in [0.15, 0.2) is 0 Å². The fourth-order valence-electron chi connectivity index (χ4n) is 4.47. The predicted molar refractivity (Wildman–Crippen MR) is 73.9 cm³/mol. The van der Waals surface area contributed by atoms with Gasteiger partial charge >= 0.3 is 0 Å². The molecule has 0 aromatic carbocycles. The van der Waals surface area contributed by atoms with Crippen LogP contribution in [0.2, 0.25) is 0 Å². The molecule has 3 nitrogen and oxygen atoms in total. The molecule has 2 heterocycles. The normalized spacial score (nSPS) is 47.1. The molecule has 2 aliphatic heterocycles. The van der Waals surface area contributed by atoms with Crippen molar-refractivity contribution >= 4 is 0 Å². The summed E-state index contributed by atoms with van der Waals surface area (Å²) >= 11 is 0. The van der Waals surface area contributed by atoms with E-state index in [1.54, 1.807) is 0 Å². The van der Waals surface area contributed by atoms with Gasteiger partial charge in [-0.3, -0.25) is 0 Å². The third-order valence-corrected chi connectivity index (χ3v) is 5.99. The lowest BCUT2D eigenvalue weighted by molar-refractivity contribution is -0.163. The van der Waals surface area contributed by atoms with E-state index in [4.69, 9.17) is 9.47 Å². The van der Waals surface area contributed by atoms with Crippen LogP contribution in [0.4, 0.5) is 0 Å². The first kappa shape index (κ1) is 13.8. The van der Waals surface area contributed by atoms with Crippen LogP contribution in [-0.2, 0) is 9.47 Å². The molecule has 1 spiro atoms. The summed E-state index contributed by atoms with van der Waals surface area (Å²) in [6, 6.07) is 0. The molecular formula is C16H28O3. The van der Waals surface area contributed by atoms with Gasteiger partial charge in [-0.05, 0) is 57.8 Å². The number of hydrogen-bond acceptors (Lipinski definition) is 3. The van der Waals surface area contributed by atoms with E-state index in [0.29, 0.717) is 11.8 Å². The fourth-order valence-corrected chi connectivity index (χ4v) is 4.47. The van der Waals surface area contributed by atoms with Crippen molar-refractivity contribution in [1.29, 1.82) is 0 Å². The van der Waals surface area contributed by atoms with Crippen molar-refractivity contribution in [2.45, 2.75) is 76.8 Å². The van der Waals surface area contributed by atoms with Crippen LogP contribution in [0.3, 0.4) is 0 Å². The van der Waals surface area contributed by atoms with E-state index in [-0.39, 0.29) is 29.8 Å². The summed E-state index contributed by atoms with van der Waals surface area (Å²) in [6.45, 7) is 7.30. The summed E-state index contributed by atoms with van der Waals surface area (Å²) in [5.74, 6) is 1.14. The minimum atomic E-state index is -0.226. The highest BCUT2D eigenvalue weighted by molar-refractivity contribution is 4.98. The Bertz CT molecular complexity index is 326. The van der Waals surface area contributed by atoms with Crippen LogP contribution >= 0.6 is 0 Å². The minimum absolute atomic E-state index is 0.126. The maximum Gasteiger partial charge on any atom is 0.0686 e. The first-order chi connectivity index (χ1) is 9.02. The Balaban J connectivity index is 1.67. The van der Waals surface area contributed by atoms with Crippen LogP contribution in [0.1, 0.15) is 52.9 Å². The van der Waals surface area contributed by atoms with Gasteiger partial charge in [-0.15, -0.1) is 0 Å². The molecule has 0 amide bonds. The van der Waals surface area contributed by atoms with Crippen LogP contribution in [0.25, 0.3) is 0 Å². The molecule has 1 aliphatic carbocycles. The van der Waals surface area contributed by atoms with Crippen LogP contribution < -0.4 is 0 Å². The molecule has 3 aliphatic rings. The topological polar surface area (TPSA) is 38.7 Å². The number of rotatable bonds is 2. The third kappa shape index (κ3) is 2.34. The molecular weight excluding hydrogens is 240 g/mol. The van der Waals surface area contributed by atoms with Gasteiger partial charge in [0.05, 0.1) is 23.9 Å². The lowest BCUT2D eigenvalue weighted by Crippen LogP contribution is -2.49. The van der Waals surface area contributed by atoms with E-state index in [1.807, 2.05) is 0 Å². The Labute approximate surface area is 116 Å². The van der Waals surface area contributed by atoms with Crippen molar-refractivity contribution in [2.24, 2.45) is 17.8 Å². The van der Waals surface area contributed by atoms with Crippen LogP contribution in [-0.4, -0.2) is 35.6 Å². The zero-order valence-electron chi connectivity index (χ0n) is 12.5. The monoisotopic (exact) mass is 268 g/mol. The lowest BCUT2D eigenvalue weighted by Gasteiger charge is -2.49. The van der Waals surface area contributed by atoms with E-state index in [0.717, 1.165) is 19.4 Å². The van der Waals surface area contributed by atoms with Crippen molar-refractivity contribution in [3.05, 3.63) is 0 Å². The summed E-state index contributed by atoms with van der Waals surface area (Å²) in [4.78, 5) is 0. The second-order valence-corrected chi connectivity index (χ2v) is 7.11. The minimum Gasteiger partial charge on any atom is -0.392 e. The van der Waals surface area contributed by atoms with Crippen molar-refractivity contribution in [1.82, 2.24) is 0 Å². The Kier molecular flexibility index (Phi) is 3.65. The summed E-state index contributed by atoms with van der Waals surface area (Å²) in [6.07, 6.45) is 5.96. The molecule has 0 bridgehead atoms. The SMILES string of the molecule is CC1OC(C)C(C(O)C2CCOC3(CCC3)C2)C1C. The molecule has 0 aromatic rings. The molecule has 0 radical (unpaired) electrons. The van der Waals surface area contributed by atoms with Crippen molar-refractivity contribution in [2.75, 3.05) is 6.61 Å². The summed E-state index contributed by atoms with van der Waals surface area (Å²) < 4.78 is 11.9. The molecule has 19 heavy (non-hydrogen) atoms. The van der Waals surface area contributed by atoms with Gasteiger partial charge < -0.3 is 14.6 Å². The Morgan fingerprint density at radius 2 is 1.89 bits per heavy atom. The van der Waals surface area contributed by atoms with Gasteiger partial charge in [0.25, 0.3) is 0 Å². The molecule has 1 N–H and O–H groups in total. The van der Waals surface area contributed by atoms with E-state index in [2.05, 4.69) is 20.8 Å². The first-order valence-electron chi connectivity index (χ1n) is 8.00. The summed E-state index contributed by atoms with van der Waals surface area (Å²) in [5, 5.41) is 10.8. The van der Waals surface area contributed by atoms with E-state index >= 15 is 0 Å². The maximum atomic E-state index is 10.8. The molecule has 110 valence electrons. The van der Waals surface area contributed by atoms with Gasteiger partial charge in [-0.1, -0.05) is 6.92 Å². The van der Waals surface area contributed by atoms with Gasteiger partial charge in [0.2, 0.25) is 0 Å². The molecule has 3 rings (SSSR count). The quantitative estimate of drug-likeness (QED) is 0.837. The average Bonchev–Trinajstić information content (AvgIpc) is 2.61. The van der Waals surface area contributed by atoms with E-state index in [1.165, 1.54) is 19.3 Å². The largest absolute Gasteiger partial charge is 0.392 e. The second kappa shape index (κ2) is 5.01. The highest BCUT2D eigenvalue weighted by Gasteiger charge is 2.49. The number of hydrogen-bond donors (Lipinski definition) is 1. The smallest absolute Gasteiger partial charge is 0.0686 e.